The molecule has 0 aliphatic rings. The van der Waals surface area contributed by atoms with Crippen LogP contribution in [0.5, 0.6) is 0 Å². The number of hydrogen-bond donors (Lipinski definition) is 1. The molecule has 1 N–H and O–H groups in total. The average Bonchev–Trinajstić information content (AvgIpc) is 2.28. The molecule has 0 radical (unpaired) electrons. The summed E-state index contributed by atoms with van der Waals surface area (Å²) in [4.78, 5) is 24.1. The second kappa shape index (κ2) is 5.21. The first-order valence-electron chi connectivity index (χ1n) is 4.59. The van der Waals surface area contributed by atoms with Crippen molar-refractivity contribution in [1.82, 2.24) is 0 Å². The van der Waals surface area contributed by atoms with Crippen molar-refractivity contribution < 1.29 is 19.4 Å². The van der Waals surface area contributed by atoms with Gasteiger partial charge in [-0.15, -0.1) is 0 Å². The molecule has 0 bridgehead atoms. The molecule has 84 valence electrons. The van der Waals surface area contributed by atoms with Crippen molar-refractivity contribution in [2.75, 3.05) is 0 Å². The number of isocyanates is 1. The molecule has 0 spiro atoms. The number of carboxylic acids is 1. The van der Waals surface area contributed by atoms with Gasteiger partial charge in [0.05, 0.1) is 6.61 Å². The van der Waals surface area contributed by atoms with E-state index < -0.39 is 11.7 Å². The minimum atomic E-state index is -1.88. The number of carbonyl (C=O) groups is 1. The normalized spacial score (nSPS) is 13.6. The first-order valence-corrected chi connectivity index (χ1v) is 4.59. The van der Waals surface area contributed by atoms with Crippen LogP contribution in [-0.4, -0.2) is 22.9 Å². The van der Waals surface area contributed by atoms with Gasteiger partial charge in [-0.1, -0.05) is 30.3 Å². The van der Waals surface area contributed by atoms with Crippen molar-refractivity contribution in [3.8, 4) is 0 Å². The van der Waals surface area contributed by atoms with E-state index in [1.165, 1.54) is 13.0 Å². The molecule has 16 heavy (non-hydrogen) atoms. The second-order valence-electron chi connectivity index (χ2n) is 3.27. The van der Waals surface area contributed by atoms with Crippen molar-refractivity contribution in [3.05, 3.63) is 35.9 Å². The summed E-state index contributed by atoms with van der Waals surface area (Å²) in [5, 5.41) is 8.84. The molecule has 1 atom stereocenters. The molecule has 1 aromatic carbocycles. The molecular weight excluding hydrogens is 210 g/mol. The summed E-state index contributed by atoms with van der Waals surface area (Å²) < 4.78 is 5.09. The van der Waals surface area contributed by atoms with Gasteiger partial charge in [0.25, 0.3) is 5.72 Å². The van der Waals surface area contributed by atoms with Gasteiger partial charge in [-0.25, -0.2) is 9.59 Å². The summed E-state index contributed by atoms with van der Waals surface area (Å²) >= 11 is 0. The Hall–Kier alpha value is -1.97. The van der Waals surface area contributed by atoms with E-state index in [1.54, 1.807) is 24.3 Å². The van der Waals surface area contributed by atoms with E-state index in [4.69, 9.17) is 9.84 Å². The van der Waals surface area contributed by atoms with Crippen LogP contribution in [-0.2, 0) is 20.9 Å². The highest BCUT2D eigenvalue weighted by Gasteiger charge is 2.34. The van der Waals surface area contributed by atoms with Crippen LogP contribution in [0, 0.1) is 0 Å². The standard InChI is InChI=1S/C11H11NO4/c1-11(10(14)15,12-8-13)16-7-9-5-3-2-4-6-9/h2-6H,7H2,1H3,(H,14,15)/t11-/m1/s1. The number of benzene rings is 1. The Kier molecular flexibility index (Phi) is 3.94. The molecule has 0 fully saturated rings. The van der Waals surface area contributed by atoms with Gasteiger partial charge in [-0.3, -0.25) is 0 Å². The number of aliphatic carboxylic acids is 1. The molecular formula is C11H11NO4. The number of rotatable bonds is 5. The molecule has 0 amide bonds. The first kappa shape index (κ1) is 12.1. The predicted octanol–water partition coefficient (Wildman–Crippen LogP) is 1.34. The summed E-state index contributed by atoms with van der Waals surface area (Å²) in [7, 11) is 0. The summed E-state index contributed by atoms with van der Waals surface area (Å²) in [6, 6.07) is 9.02. The molecule has 5 heteroatoms. The summed E-state index contributed by atoms with van der Waals surface area (Å²) in [5.41, 5.74) is -1.08. The van der Waals surface area contributed by atoms with Crippen LogP contribution in [0.15, 0.2) is 35.3 Å². The Morgan fingerprint density at radius 3 is 2.62 bits per heavy atom. The van der Waals surface area contributed by atoms with Crippen molar-refractivity contribution in [1.29, 1.82) is 0 Å². The average molecular weight is 221 g/mol. The molecule has 0 saturated heterocycles. The third kappa shape index (κ3) is 3.02. The lowest BCUT2D eigenvalue weighted by Crippen LogP contribution is -2.36. The highest BCUT2D eigenvalue weighted by atomic mass is 16.5. The lowest BCUT2D eigenvalue weighted by Gasteiger charge is -2.18. The number of carboxylic acid groups (broad SMARTS) is 1. The van der Waals surface area contributed by atoms with E-state index >= 15 is 0 Å². The first-order chi connectivity index (χ1) is 7.58. The number of carbonyl (C=O) groups excluding carboxylic acids is 1. The van der Waals surface area contributed by atoms with Crippen LogP contribution < -0.4 is 0 Å². The van der Waals surface area contributed by atoms with E-state index in [9.17, 15) is 9.59 Å². The highest BCUT2D eigenvalue weighted by Crippen LogP contribution is 2.15. The van der Waals surface area contributed by atoms with Gasteiger partial charge in [-0.2, -0.15) is 4.99 Å². The zero-order chi connectivity index (χ0) is 12.0. The SMILES string of the molecule is C[C@@](N=C=O)(OCc1ccccc1)C(=O)O. The molecule has 0 aromatic heterocycles. The molecule has 1 rings (SSSR count). The largest absolute Gasteiger partial charge is 0.478 e. The number of nitrogens with zero attached hydrogens (tertiary/aromatic N) is 1. The van der Waals surface area contributed by atoms with E-state index in [2.05, 4.69) is 4.99 Å². The van der Waals surface area contributed by atoms with Crippen LogP contribution in [0.4, 0.5) is 0 Å². The van der Waals surface area contributed by atoms with Crippen molar-refractivity contribution in [2.24, 2.45) is 4.99 Å². The summed E-state index contributed by atoms with van der Waals surface area (Å²) in [6.45, 7) is 1.26. The smallest absolute Gasteiger partial charge is 0.359 e. The maximum absolute atomic E-state index is 10.8. The zero-order valence-corrected chi connectivity index (χ0v) is 8.71. The minimum Gasteiger partial charge on any atom is -0.478 e. The van der Waals surface area contributed by atoms with Crippen LogP contribution in [0.2, 0.25) is 0 Å². The maximum atomic E-state index is 10.8. The molecule has 0 aliphatic heterocycles. The third-order valence-electron chi connectivity index (χ3n) is 2.02. The quantitative estimate of drug-likeness (QED) is 0.601. The highest BCUT2D eigenvalue weighted by molar-refractivity contribution is 5.77. The Balaban J connectivity index is 2.72. The third-order valence-corrected chi connectivity index (χ3v) is 2.02. The minimum absolute atomic E-state index is 0.0643. The van der Waals surface area contributed by atoms with E-state index in [-0.39, 0.29) is 6.61 Å². The van der Waals surface area contributed by atoms with Crippen molar-refractivity contribution in [3.63, 3.8) is 0 Å². The number of ether oxygens (including phenoxy) is 1. The van der Waals surface area contributed by atoms with Crippen molar-refractivity contribution >= 4 is 12.0 Å². The van der Waals surface area contributed by atoms with Crippen LogP contribution in [0.25, 0.3) is 0 Å². The van der Waals surface area contributed by atoms with Crippen LogP contribution in [0.1, 0.15) is 12.5 Å². The molecule has 0 aliphatic carbocycles. The number of aliphatic imine (C=N–C) groups is 1. The molecule has 0 heterocycles. The fraction of sp³-hybridized carbons (Fsp3) is 0.273. The Morgan fingerprint density at radius 2 is 2.12 bits per heavy atom. The van der Waals surface area contributed by atoms with Gasteiger partial charge >= 0.3 is 5.97 Å². The second-order valence-corrected chi connectivity index (χ2v) is 3.27. The lowest BCUT2D eigenvalue weighted by molar-refractivity contribution is -0.164. The van der Waals surface area contributed by atoms with E-state index in [1.807, 2.05) is 6.07 Å². The molecule has 0 saturated carbocycles. The maximum Gasteiger partial charge on any atom is 0.359 e. The van der Waals surface area contributed by atoms with Gasteiger partial charge in [-0.05, 0) is 12.5 Å². The van der Waals surface area contributed by atoms with Crippen molar-refractivity contribution in [2.45, 2.75) is 19.3 Å². The van der Waals surface area contributed by atoms with Gasteiger partial charge in [0.15, 0.2) is 0 Å². The molecule has 1 aromatic rings. The summed E-state index contributed by atoms with van der Waals surface area (Å²) in [6.07, 6.45) is 1.20. The monoisotopic (exact) mass is 221 g/mol. The molecule has 5 nitrogen and oxygen atoms in total. The van der Waals surface area contributed by atoms with Gasteiger partial charge in [0, 0.05) is 0 Å². The number of hydrogen-bond acceptors (Lipinski definition) is 4. The van der Waals surface area contributed by atoms with E-state index in [0.29, 0.717) is 0 Å². The zero-order valence-electron chi connectivity index (χ0n) is 8.71. The fourth-order valence-corrected chi connectivity index (χ4v) is 1.03. The summed E-state index contributed by atoms with van der Waals surface area (Å²) in [5.74, 6) is -1.33. The predicted molar refractivity (Wildman–Crippen MR) is 55.4 cm³/mol. The van der Waals surface area contributed by atoms with E-state index in [0.717, 1.165) is 5.56 Å². The van der Waals surface area contributed by atoms with Gasteiger partial charge < -0.3 is 9.84 Å². The topological polar surface area (TPSA) is 76.0 Å². The van der Waals surface area contributed by atoms with Gasteiger partial charge in [0.2, 0.25) is 6.08 Å². The fourth-order valence-electron chi connectivity index (χ4n) is 1.03. The lowest BCUT2D eigenvalue weighted by atomic mass is 10.2. The van der Waals surface area contributed by atoms with Gasteiger partial charge in [0.1, 0.15) is 0 Å². The Morgan fingerprint density at radius 1 is 1.50 bits per heavy atom. The van der Waals surface area contributed by atoms with Crippen LogP contribution in [0.3, 0.4) is 0 Å². The Labute approximate surface area is 92.4 Å². The molecule has 0 unspecified atom stereocenters. The van der Waals surface area contributed by atoms with Crippen LogP contribution >= 0.6 is 0 Å². The Bertz CT molecular complexity index is 407.